The van der Waals surface area contributed by atoms with Crippen LogP contribution in [0.25, 0.3) is 0 Å². The zero-order chi connectivity index (χ0) is 29.0. The number of halogens is 3. The Morgan fingerprint density at radius 2 is 1.56 bits per heavy atom. The maximum atomic E-state index is 13.9. The van der Waals surface area contributed by atoms with Crippen molar-refractivity contribution in [1.29, 1.82) is 0 Å². The molecule has 0 bridgehead atoms. The number of benzene rings is 3. The Balaban J connectivity index is 2.06. The first-order valence-corrected chi connectivity index (χ1v) is 15.1. The molecule has 3 aromatic carbocycles. The fourth-order valence-corrected chi connectivity index (χ4v) is 5.92. The summed E-state index contributed by atoms with van der Waals surface area (Å²) in [5.41, 5.74) is 0.284. The first kappa shape index (κ1) is 30.9. The van der Waals surface area contributed by atoms with Crippen molar-refractivity contribution in [2.75, 3.05) is 10.8 Å². The van der Waals surface area contributed by atoms with Gasteiger partial charge in [-0.15, -0.1) is 0 Å². The second kappa shape index (κ2) is 12.7. The van der Waals surface area contributed by atoms with Crippen LogP contribution in [0.1, 0.15) is 33.3 Å². The molecule has 0 spiro atoms. The minimum Gasteiger partial charge on any atom is -0.350 e. The molecule has 0 heterocycles. The lowest BCUT2D eigenvalue weighted by Crippen LogP contribution is -2.54. The average molecular weight is 655 g/mol. The number of nitrogens with zero attached hydrogens (tertiary/aromatic N) is 2. The molecule has 7 nitrogen and oxygen atoms in total. The van der Waals surface area contributed by atoms with Crippen LogP contribution in [0.4, 0.5) is 5.69 Å². The lowest BCUT2D eigenvalue weighted by molar-refractivity contribution is -0.140. The number of sulfonamides is 1. The first-order valence-electron chi connectivity index (χ1n) is 12.1. The van der Waals surface area contributed by atoms with E-state index in [9.17, 15) is 18.0 Å². The molecule has 0 radical (unpaired) electrons. The van der Waals surface area contributed by atoms with Gasteiger partial charge in [0.15, 0.2) is 0 Å². The quantitative estimate of drug-likeness (QED) is 0.294. The standard InChI is InChI=1S/C28H30BrCl2N3O4S/c1-19(27(36)32-28(2,3)4)33(17-20-13-15-21(29)16-14-20)25(35)18-34(24-12-8-11-23(30)26(24)31)39(37,38)22-9-6-5-7-10-22/h5-16,19H,17-18H2,1-4H3,(H,32,36)/t19-/m1/s1. The van der Waals surface area contributed by atoms with Crippen LogP contribution in [0.2, 0.25) is 10.0 Å². The largest absolute Gasteiger partial charge is 0.350 e. The van der Waals surface area contributed by atoms with E-state index in [1.54, 1.807) is 31.2 Å². The second-order valence-corrected chi connectivity index (χ2v) is 13.5. The summed E-state index contributed by atoms with van der Waals surface area (Å²) in [6.07, 6.45) is 0. The summed E-state index contributed by atoms with van der Waals surface area (Å²) < 4.78 is 29.4. The summed E-state index contributed by atoms with van der Waals surface area (Å²) in [6.45, 7) is 6.60. The van der Waals surface area contributed by atoms with Gasteiger partial charge in [0, 0.05) is 16.6 Å². The van der Waals surface area contributed by atoms with Gasteiger partial charge in [-0.25, -0.2) is 8.42 Å². The topological polar surface area (TPSA) is 86.8 Å². The van der Waals surface area contributed by atoms with E-state index in [1.165, 1.54) is 29.2 Å². The number of rotatable bonds is 9. The molecule has 0 fully saturated rings. The van der Waals surface area contributed by atoms with Crippen molar-refractivity contribution in [1.82, 2.24) is 10.2 Å². The van der Waals surface area contributed by atoms with Gasteiger partial charge in [-0.2, -0.15) is 0 Å². The molecule has 3 rings (SSSR count). The van der Waals surface area contributed by atoms with E-state index < -0.39 is 34.1 Å². The molecule has 0 saturated heterocycles. The second-order valence-electron chi connectivity index (χ2n) is 9.96. The van der Waals surface area contributed by atoms with Crippen LogP contribution >= 0.6 is 39.1 Å². The molecule has 11 heteroatoms. The average Bonchev–Trinajstić information content (AvgIpc) is 2.87. The van der Waals surface area contributed by atoms with Crippen LogP contribution < -0.4 is 9.62 Å². The van der Waals surface area contributed by atoms with Gasteiger partial charge < -0.3 is 10.2 Å². The van der Waals surface area contributed by atoms with Crippen LogP contribution in [0.5, 0.6) is 0 Å². The fourth-order valence-electron chi connectivity index (χ4n) is 3.76. The van der Waals surface area contributed by atoms with E-state index in [4.69, 9.17) is 23.2 Å². The van der Waals surface area contributed by atoms with E-state index in [1.807, 2.05) is 45.0 Å². The molecule has 1 N–H and O–H groups in total. The predicted molar refractivity (Wildman–Crippen MR) is 159 cm³/mol. The molecule has 1 atom stereocenters. The van der Waals surface area contributed by atoms with Crippen LogP contribution in [0.15, 0.2) is 82.2 Å². The van der Waals surface area contributed by atoms with E-state index in [0.29, 0.717) is 0 Å². The highest BCUT2D eigenvalue weighted by atomic mass is 79.9. The predicted octanol–water partition coefficient (Wildman–Crippen LogP) is 6.28. The number of anilines is 1. The molecule has 0 saturated carbocycles. The molecule has 2 amide bonds. The van der Waals surface area contributed by atoms with E-state index in [0.717, 1.165) is 14.3 Å². The maximum Gasteiger partial charge on any atom is 0.264 e. The highest BCUT2D eigenvalue weighted by Crippen LogP contribution is 2.35. The van der Waals surface area contributed by atoms with Gasteiger partial charge in [-0.3, -0.25) is 13.9 Å². The third kappa shape index (κ3) is 7.97. The molecule has 0 aliphatic rings. The van der Waals surface area contributed by atoms with Crippen molar-refractivity contribution in [3.63, 3.8) is 0 Å². The molecule has 0 aliphatic carbocycles. The Labute approximate surface area is 248 Å². The summed E-state index contributed by atoms with van der Waals surface area (Å²) in [7, 11) is -4.24. The Morgan fingerprint density at radius 1 is 0.949 bits per heavy atom. The van der Waals surface area contributed by atoms with Gasteiger partial charge in [0.1, 0.15) is 12.6 Å². The van der Waals surface area contributed by atoms with E-state index in [2.05, 4.69) is 21.2 Å². The maximum absolute atomic E-state index is 13.9. The molecule has 3 aromatic rings. The molecule has 208 valence electrons. The molecule has 39 heavy (non-hydrogen) atoms. The van der Waals surface area contributed by atoms with Crippen molar-refractivity contribution in [2.24, 2.45) is 0 Å². The minimum absolute atomic E-state index is 0.00976. The zero-order valence-electron chi connectivity index (χ0n) is 22.0. The molecule has 0 aromatic heterocycles. The van der Waals surface area contributed by atoms with Crippen LogP contribution in [-0.2, 0) is 26.2 Å². The highest BCUT2D eigenvalue weighted by Gasteiger charge is 2.34. The normalized spacial score (nSPS) is 12.5. The molecule has 0 aliphatic heterocycles. The Hall–Kier alpha value is -2.59. The Kier molecular flexibility index (Phi) is 10.1. The van der Waals surface area contributed by atoms with Crippen LogP contribution in [-0.4, -0.2) is 43.3 Å². The minimum atomic E-state index is -4.24. The van der Waals surface area contributed by atoms with E-state index in [-0.39, 0.29) is 33.1 Å². The van der Waals surface area contributed by atoms with Crippen molar-refractivity contribution in [3.05, 3.63) is 92.9 Å². The van der Waals surface area contributed by atoms with Crippen molar-refractivity contribution >= 4 is 66.7 Å². The Bertz CT molecular complexity index is 1430. The van der Waals surface area contributed by atoms with Crippen LogP contribution in [0, 0.1) is 0 Å². The first-order chi connectivity index (χ1) is 18.2. The summed E-state index contributed by atoms with van der Waals surface area (Å²) in [4.78, 5) is 28.4. The number of nitrogens with one attached hydrogen (secondary N) is 1. The van der Waals surface area contributed by atoms with Gasteiger partial charge in [-0.1, -0.05) is 75.5 Å². The number of amides is 2. The zero-order valence-corrected chi connectivity index (χ0v) is 25.9. The van der Waals surface area contributed by atoms with Gasteiger partial charge in [0.2, 0.25) is 11.8 Å². The lowest BCUT2D eigenvalue weighted by atomic mass is 10.1. The summed E-state index contributed by atoms with van der Waals surface area (Å²) in [5, 5.41) is 3.02. The Morgan fingerprint density at radius 3 is 2.15 bits per heavy atom. The third-order valence-corrected chi connectivity index (χ3v) is 8.85. The van der Waals surface area contributed by atoms with E-state index >= 15 is 0 Å². The third-order valence-electron chi connectivity index (χ3n) is 5.74. The number of carbonyl (C=O) groups excluding carboxylic acids is 2. The van der Waals surface area contributed by atoms with Crippen molar-refractivity contribution in [3.8, 4) is 0 Å². The molecule has 0 unspecified atom stereocenters. The van der Waals surface area contributed by atoms with Crippen molar-refractivity contribution in [2.45, 2.75) is 50.7 Å². The lowest BCUT2D eigenvalue weighted by Gasteiger charge is -2.33. The van der Waals surface area contributed by atoms with Crippen LogP contribution in [0.3, 0.4) is 0 Å². The molecular formula is C28H30BrCl2N3O4S. The van der Waals surface area contributed by atoms with Gasteiger partial charge >= 0.3 is 0 Å². The number of hydrogen-bond donors (Lipinski definition) is 1. The summed E-state index contributed by atoms with van der Waals surface area (Å²) in [6, 6.07) is 18.7. The molecular weight excluding hydrogens is 625 g/mol. The van der Waals surface area contributed by atoms with Gasteiger partial charge in [0.05, 0.1) is 20.6 Å². The number of carbonyl (C=O) groups is 2. The highest BCUT2D eigenvalue weighted by molar-refractivity contribution is 9.10. The summed E-state index contributed by atoms with van der Waals surface area (Å²) >= 11 is 16.1. The van der Waals surface area contributed by atoms with Crippen molar-refractivity contribution < 1.29 is 18.0 Å². The van der Waals surface area contributed by atoms with Gasteiger partial charge in [0.25, 0.3) is 10.0 Å². The van der Waals surface area contributed by atoms with Gasteiger partial charge in [-0.05, 0) is 69.7 Å². The smallest absolute Gasteiger partial charge is 0.264 e. The fraction of sp³-hybridized carbons (Fsp3) is 0.286. The number of hydrogen-bond acceptors (Lipinski definition) is 4. The SMILES string of the molecule is C[C@H](C(=O)NC(C)(C)C)N(Cc1ccc(Br)cc1)C(=O)CN(c1cccc(Cl)c1Cl)S(=O)(=O)c1ccccc1. The summed E-state index contributed by atoms with van der Waals surface area (Å²) in [5.74, 6) is -0.962. The monoisotopic (exact) mass is 653 g/mol.